The highest BCUT2D eigenvalue weighted by atomic mass is 19.1. The molecule has 0 aliphatic rings. The molecule has 0 fully saturated rings. The third-order valence-corrected chi connectivity index (χ3v) is 4.86. The summed E-state index contributed by atoms with van der Waals surface area (Å²) in [5, 5.41) is 8.51. The fourth-order valence-corrected chi connectivity index (χ4v) is 3.12. The Bertz CT molecular complexity index is 1230. The number of nitrogens with zero attached hydrogens (tertiary/aromatic N) is 5. The highest BCUT2D eigenvalue weighted by Crippen LogP contribution is 2.25. The monoisotopic (exact) mass is 431 g/mol. The largest absolute Gasteiger partial charge is 0.337 e. The number of amides is 1. The number of benzene rings is 2. The third-order valence-electron chi connectivity index (χ3n) is 4.86. The Balaban J connectivity index is 1.59. The van der Waals surface area contributed by atoms with E-state index in [4.69, 9.17) is 4.52 Å². The van der Waals surface area contributed by atoms with Crippen LogP contribution in [0.15, 0.2) is 71.4 Å². The van der Waals surface area contributed by atoms with Gasteiger partial charge in [0.25, 0.3) is 0 Å². The van der Waals surface area contributed by atoms with E-state index in [1.165, 1.54) is 23.1 Å². The van der Waals surface area contributed by atoms with Crippen molar-refractivity contribution in [3.8, 4) is 16.9 Å². The lowest BCUT2D eigenvalue weighted by Gasteiger charge is -2.11. The molecule has 4 rings (SSSR count). The minimum atomic E-state index is -0.322. The first-order valence-electron chi connectivity index (χ1n) is 10.2. The van der Waals surface area contributed by atoms with Gasteiger partial charge in [-0.3, -0.25) is 4.79 Å². The molecule has 2 heterocycles. The summed E-state index contributed by atoms with van der Waals surface area (Å²) in [6.45, 7) is 2.14. The number of aryl methyl sites for hydroxylation is 1. The van der Waals surface area contributed by atoms with Gasteiger partial charge in [-0.15, -0.1) is 0 Å². The van der Waals surface area contributed by atoms with Gasteiger partial charge < -0.3 is 9.42 Å². The maximum atomic E-state index is 13.4. The van der Waals surface area contributed by atoms with Crippen molar-refractivity contribution in [3.63, 3.8) is 0 Å². The van der Waals surface area contributed by atoms with E-state index in [1.54, 1.807) is 29.9 Å². The first-order chi connectivity index (χ1) is 15.5. The first-order valence-corrected chi connectivity index (χ1v) is 10.2. The number of carbonyl (C=O) groups excluding carboxylic acids is 1. The lowest BCUT2D eigenvalue weighted by Crippen LogP contribution is -2.24. The summed E-state index contributed by atoms with van der Waals surface area (Å²) in [6.07, 6.45) is 5.67. The molecule has 1 amide bonds. The first kappa shape index (κ1) is 21.2. The molecule has 0 saturated heterocycles. The van der Waals surface area contributed by atoms with Gasteiger partial charge in [0.1, 0.15) is 5.82 Å². The fraction of sp³-hybridized carbons (Fsp3) is 0.167. The fourth-order valence-electron chi connectivity index (χ4n) is 3.12. The average Bonchev–Trinajstić information content (AvgIpc) is 3.45. The van der Waals surface area contributed by atoms with Crippen LogP contribution in [0.1, 0.15) is 24.2 Å². The Labute approximate surface area is 184 Å². The maximum Gasteiger partial charge on any atom is 0.246 e. The van der Waals surface area contributed by atoms with Crippen molar-refractivity contribution in [2.24, 2.45) is 0 Å². The molecule has 0 aliphatic heterocycles. The van der Waals surface area contributed by atoms with E-state index in [1.807, 2.05) is 43.5 Å². The van der Waals surface area contributed by atoms with Gasteiger partial charge in [0.15, 0.2) is 5.82 Å². The summed E-state index contributed by atoms with van der Waals surface area (Å²) in [4.78, 5) is 18.4. The second kappa shape index (κ2) is 9.38. The van der Waals surface area contributed by atoms with Crippen molar-refractivity contribution in [1.29, 1.82) is 0 Å². The van der Waals surface area contributed by atoms with Crippen LogP contribution in [0.25, 0.3) is 23.0 Å². The van der Waals surface area contributed by atoms with E-state index in [9.17, 15) is 9.18 Å². The molecule has 0 aliphatic carbocycles. The minimum absolute atomic E-state index is 0.213. The lowest BCUT2D eigenvalue weighted by atomic mass is 10.1. The maximum absolute atomic E-state index is 13.4. The summed E-state index contributed by atoms with van der Waals surface area (Å²) in [5.74, 6) is 0.444. The molecular formula is C24H22FN5O2. The predicted molar refractivity (Wildman–Crippen MR) is 118 cm³/mol. The number of carbonyl (C=O) groups is 1. The summed E-state index contributed by atoms with van der Waals surface area (Å²) in [5.41, 5.74) is 3.00. The zero-order chi connectivity index (χ0) is 22.5. The number of hydrogen-bond donors (Lipinski definition) is 0. The van der Waals surface area contributed by atoms with Crippen molar-refractivity contribution in [3.05, 3.63) is 90.0 Å². The SMILES string of the molecule is CCc1noc(CN(C)C(=O)/C=C/c2cn(-c3ccccc3)nc2-c2ccc(F)cc2)n1. The molecular weight excluding hydrogens is 409 g/mol. The average molecular weight is 431 g/mol. The molecule has 0 bridgehead atoms. The second-order valence-corrected chi connectivity index (χ2v) is 7.21. The summed E-state index contributed by atoms with van der Waals surface area (Å²) < 4.78 is 20.3. The molecule has 0 unspecified atom stereocenters. The van der Waals surface area contributed by atoms with Crippen molar-refractivity contribution < 1.29 is 13.7 Å². The molecule has 0 N–H and O–H groups in total. The molecule has 0 radical (unpaired) electrons. The Hall–Kier alpha value is -4.07. The number of halogens is 1. The smallest absolute Gasteiger partial charge is 0.246 e. The van der Waals surface area contributed by atoms with Crippen LogP contribution >= 0.6 is 0 Å². The number of rotatable bonds is 7. The molecule has 7 nitrogen and oxygen atoms in total. The standard InChI is InChI=1S/C24H22FN5O2/c1-3-21-26-22(32-28-21)16-29(2)23(31)14-11-18-15-30(20-7-5-4-6-8-20)27-24(18)17-9-12-19(25)13-10-17/h4-15H,3,16H2,1-2H3/b14-11+. The summed E-state index contributed by atoms with van der Waals surface area (Å²) in [6, 6.07) is 15.7. The van der Waals surface area contributed by atoms with Crippen LogP contribution in [0.5, 0.6) is 0 Å². The highest BCUT2D eigenvalue weighted by molar-refractivity contribution is 5.92. The van der Waals surface area contributed by atoms with E-state index >= 15 is 0 Å². The van der Waals surface area contributed by atoms with Crippen molar-refractivity contribution in [2.45, 2.75) is 19.9 Å². The van der Waals surface area contributed by atoms with Gasteiger partial charge in [-0.05, 0) is 42.5 Å². The molecule has 2 aromatic carbocycles. The molecule has 162 valence electrons. The summed E-state index contributed by atoms with van der Waals surface area (Å²) >= 11 is 0. The highest BCUT2D eigenvalue weighted by Gasteiger charge is 2.14. The van der Waals surface area contributed by atoms with Gasteiger partial charge in [0.05, 0.1) is 17.9 Å². The Kier molecular flexibility index (Phi) is 6.21. The van der Waals surface area contributed by atoms with Crippen LogP contribution in [0.4, 0.5) is 4.39 Å². The lowest BCUT2D eigenvalue weighted by molar-refractivity contribution is -0.125. The number of likely N-dealkylation sites (N-methyl/N-ethyl adjacent to an activating group) is 1. The van der Waals surface area contributed by atoms with Crippen LogP contribution in [0, 0.1) is 5.82 Å². The molecule has 8 heteroatoms. The predicted octanol–water partition coefficient (Wildman–Crippen LogP) is 4.30. The topological polar surface area (TPSA) is 77.0 Å². The molecule has 0 saturated carbocycles. The normalized spacial score (nSPS) is 11.2. The van der Waals surface area contributed by atoms with Crippen LogP contribution < -0.4 is 0 Å². The van der Waals surface area contributed by atoms with Gasteiger partial charge >= 0.3 is 0 Å². The van der Waals surface area contributed by atoms with Crippen LogP contribution in [-0.2, 0) is 17.8 Å². The molecule has 0 spiro atoms. The Morgan fingerprint density at radius 3 is 2.59 bits per heavy atom. The molecule has 2 aromatic heterocycles. The quantitative estimate of drug-likeness (QED) is 0.408. The van der Waals surface area contributed by atoms with Crippen molar-refractivity contribution in [2.75, 3.05) is 7.05 Å². The van der Waals surface area contributed by atoms with E-state index in [2.05, 4.69) is 15.2 Å². The Morgan fingerprint density at radius 1 is 1.16 bits per heavy atom. The molecule has 0 atom stereocenters. The molecule has 4 aromatic rings. The van der Waals surface area contributed by atoms with E-state index in [0.29, 0.717) is 23.8 Å². The molecule has 32 heavy (non-hydrogen) atoms. The van der Waals surface area contributed by atoms with Gasteiger partial charge in [-0.25, -0.2) is 9.07 Å². The summed E-state index contributed by atoms with van der Waals surface area (Å²) in [7, 11) is 1.66. The van der Waals surface area contributed by atoms with Gasteiger partial charge in [-0.1, -0.05) is 30.3 Å². The second-order valence-electron chi connectivity index (χ2n) is 7.21. The third kappa shape index (κ3) is 4.80. The zero-order valence-corrected chi connectivity index (χ0v) is 17.8. The van der Waals surface area contributed by atoms with E-state index < -0.39 is 0 Å². The van der Waals surface area contributed by atoms with Crippen molar-refractivity contribution in [1.82, 2.24) is 24.8 Å². The van der Waals surface area contributed by atoms with Gasteiger partial charge in [0.2, 0.25) is 11.8 Å². The number of para-hydroxylation sites is 1. The van der Waals surface area contributed by atoms with Crippen LogP contribution in [-0.4, -0.2) is 37.8 Å². The van der Waals surface area contributed by atoms with E-state index in [0.717, 1.165) is 16.8 Å². The number of hydrogen-bond acceptors (Lipinski definition) is 5. The van der Waals surface area contributed by atoms with Crippen LogP contribution in [0.3, 0.4) is 0 Å². The minimum Gasteiger partial charge on any atom is -0.337 e. The van der Waals surface area contributed by atoms with Gasteiger partial charge in [0, 0.05) is 36.9 Å². The van der Waals surface area contributed by atoms with Crippen molar-refractivity contribution >= 4 is 12.0 Å². The Morgan fingerprint density at radius 2 is 1.91 bits per heavy atom. The van der Waals surface area contributed by atoms with E-state index in [-0.39, 0.29) is 18.3 Å². The van der Waals surface area contributed by atoms with Gasteiger partial charge in [-0.2, -0.15) is 10.1 Å². The number of aromatic nitrogens is 4. The van der Waals surface area contributed by atoms with Crippen LogP contribution in [0.2, 0.25) is 0 Å². The zero-order valence-electron chi connectivity index (χ0n) is 17.8.